The zero-order valence-corrected chi connectivity index (χ0v) is 17.3. The molecule has 4 rings (SSSR count). The van der Waals surface area contributed by atoms with E-state index in [1.54, 1.807) is 13.1 Å². The van der Waals surface area contributed by atoms with E-state index in [2.05, 4.69) is 15.3 Å². The highest BCUT2D eigenvalue weighted by Crippen LogP contribution is 2.25. The summed E-state index contributed by atoms with van der Waals surface area (Å²) in [6.45, 7) is 1.67. The third-order valence-electron chi connectivity index (χ3n) is 5.56. The summed E-state index contributed by atoms with van der Waals surface area (Å²) in [5, 5.41) is 14.0. The molecular formula is C21H26N4O3S. The molecule has 3 aromatic rings. The summed E-state index contributed by atoms with van der Waals surface area (Å²) >= 11 is 0. The van der Waals surface area contributed by atoms with Gasteiger partial charge in [0.05, 0.1) is 17.4 Å². The van der Waals surface area contributed by atoms with Crippen molar-refractivity contribution in [1.82, 2.24) is 14.5 Å². The van der Waals surface area contributed by atoms with E-state index in [1.807, 2.05) is 41.1 Å². The molecule has 7 nitrogen and oxygen atoms in total. The Balaban J connectivity index is 1.62. The fourth-order valence-electron chi connectivity index (χ4n) is 3.85. The normalized spacial score (nSPS) is 20.1. The Morgan fingerprint density at radius 3 is 2.72 bits per heavy atom. The van der Waals surface area contributed by atoms with Crippen molar-refractivity contribution in [2.75, 3.05) is 11.1 Å². The Labute approximate surface area is 170 Å². The summed E-state index contributed by atoms with van der Waals surface area (Å²) in [6, 6.07) is 9.76. The van der Waals surface area contributed by atoms with Crippen molar-refractivity contribution >= 4 is 26.7 Å². The number of nitrogens with zero attached hydrogens (tertiary/aromatic N) is 3. The van der Waals surface area contributed by atoms with Gasteiger partial charge in [-0.05, 0) is 49.4 Å². The number of benzene rings is 1. The molecule has 0 unspecified atom stereocenters. The van der Waals surface area contributed by atoms with Gasteiger partial charge in [0.2, 0.25) is 5.95 Å². The molecule has 29 heavy (non-hydrogen) atoms. The number of nitrogens with one attached hydrogen (secondary N) is 1. The molecule has 1 aliphatic carbocycles. The van der Waals surface area contributed by atoms with E-state index in [0.29, 0.717) is 5.95 Å². The summed E-state index contributed by atoms with van der Waals surface area (Å²) in [5.41, 5.74) is 1.72. The van der Waals surface area contributed by atoms with Crippen molar-refractivity contribution in [2.45, 2.75) is 50.5 Å². The lowest BCUT2D eigenvalue weighted by Crippen LogP contribution is -2.29. The Hall–Kier alpha value is -2.45. The minimum absolute atomic E-state index is 0.0367. The van der Waals surface area contributed by atoms with E-state index in [0.717, 1.165) is 48.0 Å². The molecular weight excluding hydrogens is 388 g/mol. The number of fused-ring (bicyclic) bond motifs is 1. The number of aliphatic hydroxyl groups is 1. The number of anilines is 1. The van der Waals surface area contributed by atoms with Crippen LogP contribution >= 0.6 is 0 Å². The number of hydrogen-bond donors (Lipinski definition) is 2. The van der Waals surface area contributed by atoms with Crippen LogP contribution < -0.4 is 5.32 Å². The van der Waals surface area contributed by atoms with Crippen LogP contribution in [-0.4, -0.2) is 46.0 Å². The van der Waals surface area contributed by atoms with E-state index in [9.17, 15) is 13.5 Å². The second-order valence-electron chi connectivity index (χ2n) is 7.60. The summed E-state index contributed by atoms with van der Waals surface area (Å²) in [6.07, 6.45) is 6.83. The summed E-state index contributed by atoms with van der Waals surface area (Å²) in [4.78, 5) is 9.00. The van der Waals surface area contributed by atoms with Crippen molar-refractivity contribution in [1.29, 1.82) is 0 Å². The van der Waals surface area contributed by atoms with Gasteiger partial charge in [-0.15, -0.1) is 0 Å². The maximum atomic E-state index is 12.1. The monoisotopic (exact) mass is 414 g/mol. The average Bonchev–Trinajstić information content (AvgIpc) is 3.15. The molecule has 2 heterocycles. The number of hydrogen-bond acceptors (Lipinski definition) is 6. The minimum atomic E-state index is -3.11. The van der Waals surface area contributed by atoms with Gasteiger partial charge in [-0.1, -0.05) is 19.1 Å². The molecule has 1 saturated carbocycles. The van der Waals surface area contributed by atoms with Crippen molar-refractivity contribution in [2.24, 2.45) is 0 Å². The first-order valence-corrected chi connectivity index (χ1v) is 11.8. The Morgan fingerprint density at radius 1 is 1.17 bits per heavy atom. The van der Waals surface area contributed by atoms with Crippen molar-refractivity contribution in [3.05, 3.63) is 48.3 Å². The lowest BCUT2D eigenvalue weighted by Gasteiger charge is -2.26. The summed E-state index contributed by atoms with van der Waals surface area (Å²) in [7, 11) is -3.11. The number of aliphatic hydroxyl groups excluding tert-OH is 1. The van der Waals surface area contributed by atoms with Crippen molar-refractivity contribution < 1.29 is 13.5 Å². The van der Waals surface area contributed by atoms with Gasteiger partial charge >= 0.3 is 0 Å². The van der Waals surface area contributed by atoms with Crippen LogP contribution in [0.3, 0.4) is 0 Å². The quantitative estimate of drug-likeness (QED) is 0.643. The Bertz CT molecular complexity index is 1100. The molecule has 1 aliphatic rings. The predicted molar refractivity (Wildman–Crippen MR) is 114 cm³/mol. The van der Waals surface area contributed by atoms with Gasteiger partial charge in [0.15, 0.2) is 9.84 Å². The molecule has 154 valence electrons. The predicted octanol–water partition coefficient (Wildman–Crippen LogP) is 3.07. The topological polar surface area (TPSA) is 97.1 Å². The highest BCUT2D eigenvalue weighted by molar-refractivity contribution is 7.90. The molecule has 1 fully saturated rings. The molecule has 0 saturated heterocycles. The molecule has 2 N–H and O–H groups in total. The fourth-order valence-corrected chi connectivity index (χ4v) is 4.78. The summed E-state index contributed by atoms with van der Waals surface area (Å²) < 4.78 is 26.1. The molecule has 1 aromatic carbocycles. The lowest BCUT2D eigenvalue weighted by atomic mass is 9.93. The second kappa shape index (κ2) is 8.12. The van der Waals surface area contributed by atoms with Gasteiger partial charge in [-0.2, -0.15) is 4.98 Å². The van der Waals surface area contributed by atoms with Crippen molar-refractivity contribution in [3.8, 4) is 5.82 Å². The molecule has 0 radical (unpaired) electrons. The average molecular weight is 415 g/mol. The maximum Gasteiger partial charge on any atom is 0.224 e. The third kappa shape index (κ3) is 4.43. The number of aromatic nitrogens is 3. The van der Waals surface area contributed by atoms with E-state index in [-0.39, 0.29) is 23.7 Å². The summed E-state index contributed by atoms with van der Waals surface area (Å²) in [5.74, 6) is 1.46. The van der Waals surface area contributed by atoms with Crippen LogP contribution in [0.15, 0.2) is 42.7 Å². The van der Waals surface area contributed by atoms with Crippen LogP contribution in [0.5, 0.6) is 0 Å². The zero-order valence-electron chi connectivity index (χ0n) is 16.5. The van der Waals surface area contributed by atoms with Gasteiger partial charge in [0.1, 0.15) is 5.82 Å². The smallest absolute Gasteiger partial charge is 0.224 e. The zero-order chi connectivity index (χ0) is 20.4. The van der Waals surface area contributed by atoms with Gasteiger partial charge in [-0.25, -0.2) is 13.4 Å². The van der Waals surface area contributed by atoms with Crippen LogP contribution in [0.4, 0.5) is 5.95 Å². The van der Waals surface area contributed by atoms with Crippen LogP contribution in [0.1, 0.15) is 38.2 Å². The molecule has 0 amide bonds. The fraction of sp³-hybridized carbons (Fsp3) is 0.429. The van der Waals surface area contributed by atoms with Crippen LogP contribution in [0, 0.1) is 0 Å². The molecule has 2 aromatic heterocycles. The Kier molecular flexibility index (Phi) is 5.56. The van der Waals surface area contributed by atoms with Gasteiger partial charge in [-0.3, -0.25) is 0 Å². The first-order chi connectivity index (χ1) is 13.9. The standard InChI is InChI=1S/C21H26N4O3S/c1-2-29(27,28)14-15-4-3-5-19-18(15)11-13-25(19)20-10-12-22-21(24-20)23-16-6-8-17(26)9-7-16/h3-5,10-13,16-17,26H,2,6-9,14H2,1H3,(H,22,23,24)/t16-,17-. The molecule has 8 heteroatoms. The van der Waals surface area contributed by atoms with Crippen LogP contribution in [0.2, 0.25) is 0 Å². The van der Waals surface area contributed by atoms with Crippen LogP contribution in [-0.2, 0) is 15.6 Å². The molecule has 0 atom stereocenters. The first-order valence-electron chi connectivity index (χ1n) is 10.0. The van der Waals surface area contributed by atoms with Gasteiger partial charge in [0.25, 0.3) is 0 Å². The van der Waals surface area contributed by atoms with E-state index >= 15 is 0 Å². The molecule has 0 aliphatic heterocycles. The molecule has 0 spiro atoms. The first kappa shape index (κ1) is 19.8. The van der Waals surface area contributed by atoms with Crippen LogP contribution in [0.25, 0.3) is 16.7 Å². The van der Waals surface area contributed by atoms with Gasteiger partial charge in [0, 0.05) is 29.6 Å². The maximum absolute atomic E-state index is 12.1. The largest absolute Gasteiger partial charge is 0.393 e. The SMILES string of the molecule is CCS(=O)(=O)Cc1cccc2c1ccn2-c1ccnc(N[C@H]2CC[C@H](O)CC2)n1. The number of sulfone groups is 1. The minimum Gasteiger partial charge on any atom is -0.393 e. The lowest BCUT2D eigenvalue weighted by molar-refractivity contribution is 0.126. The third-order valence-corrected chi connectivity index (χ3v) is 7.19. The number of rotatable bonds is 6. The van der Waals surface area contributed by atoms with E-state index < -0.39 is 9.84 Å². The second-order valence-corrected chi connectivity index (χ2v) is 9.95. The highest BCUT2D eigenvalue weighted by Gasteiger charge is 2.20. The van der Waals surface area contributed by atoms with Crippen molar-refractivity contribution in [3.63, 3.8) is 0 Å². The Morgan fingerprint density at radius 2 is 1.97 bits per heavy atom. The highest BCUT2D eigenvalue weighted by atomic mass is 32.2. The van der Waals surface area contributed by atoms with Gasteiger partial charge < -0.3 is 15.0 Å². The van der Waals surface area contributed by atoms with E-state index in [4.69, 9.17) is 0 Å². The van der Waals surface area contributed by atoms with E-state index in [1.165, 1.54) is 0 Å². The molecule has 0 bridgehead atoms.